The molecule has 0 unspecified atom stereocenters. The molecule has 0 fully saturated rings. The second-order valence-electron chi connectivity index (χ2n) is 5.32. The molecule has 3 rings (SSSR count). The number of nitrogens with zero attached hydrogens (tertiary/aromatic N) is 2. The topological polar surface area (TPSA) is 81.2 Å². The number of ether oxygens (including phenoxy) is 1. The van der Waals surface area contributed by atoms with Crippen LogP contribution in [0.1, 0.15) is 27.1 Å². The van der Waals surface area contributed by atoms with Gasteiger partial charge in [0.25, 0.3) is 5.91 Å². The summed E-state index contributed by atoms with van der Waals surface area (Å²) in [6.45, 7) is 1.93. The number of rotatable bonds is 5. The van der Waals surface area contributed by atoms with Crippen molar-refractivity contribution in [1.29, 1.82) is 0 Å². The summed E-state index contributed by atoms with van der Waals surface area (Å²) in [7, 11) is 0. The maximum Gasteiger partial charge on any atom is 0.350 e. The van der Waals surface area contributed by atoms with Gasteiger partial charge in [0.2, 0.25) is 0 Å². The van der Waals surface area contributed by atoms with Gasteiger partial charge in [0.15, 0.2) is 5.13 Å². The summed E-state index contributed by atoms with van der Waals surface area (Å²) in [6.07, 6.45) is 1.23. The summed E-state index contributed by atoms with van der Waals surface area (Å²) >= 11 is 18.8. The summed E-state index contributed by atoms with van der Waals surface area (Å²) in [5, 5.41) is 2.86. The number of anilines is 1. The number of nitrogens with one attached hydrogen (secondary N) is 1. The van der Waals surface area contributed by atoms with Crippen LogP contribution in [0.2, 0.25) is 15.1 Å². The van der Waals surface area contributed by atoms with E-state index in [1.165, 1.54) is 6.20 Å². The van der Waals surface area contributed by atoms with Crippen LogP contribution in [0.5, 0.6) is 0 Å². The smallest absolute Gasteiger partial charge is 0.350 e. The number of hydrogen-bond acceptors (Lipinski definition) is 6. The Labute approximate surface area is 179 Å². The van der Waals surface area contributed by atoms with Crippen molar-refractivity contribution in [3.8, 4) is 11.3 Å². The number of benzene rings is 1. The predicted octanol–water partition coefficient (Wildman–Crippen LogP) is 5.59. The Morgan fingerprint density at radius 3 is 2.54 bits per heavy atom. The van der Waals surface area contributed by atoms with Crippen LogP contribution in [0.25, 0.3) is 11.3 Å². The molecule has 1 N–H and O–H groups in total. The average Bonchev–Trinajstić information content (AvgIpc) is 3.11. The lowest BCUT2D eigenvalue weighted by Gasteiger charge is -2.05. The monoisotopic (exact) mass is 455 g/mol. The third kappa shape index (κ3) is 4.28. The molecule has 0 aliphatic heterocycles. The molecule has 2 aromatic heterocycles. The van der Waals surface area contributed by atoms with E-state index in [2.05, 4.69) is 15.3 Å². The number of pyridine rings is 1. The molecule has 1 aromatic carbocycles. The van der Waals surface area contributed by atoms with Gasteiger partial charge in [-0.15, -0.1) is 0 Å². The zero-order valence-corrected chi connectivity index (χ0v) is 17.4. The van der Waals surface area contributed by atoms with Crippen LogP contribution in [-0.4, -0.2) is 28.5 Å². The van der Waals surface area contributed by atoms with Crippen LogP contribution >= 0.6 is 46.1 Å². The van der Waals surface area contributed by atoms with Crippen molar-refractivity contribution in [2.45, 2.75) is 6.92 Å². The minimum absolute atomic E-state index is 0.0276. The minimum atomic E-state index is -0.632. The Hall–Kier alpha value is -2.19. The molecule has 0 aliphatic carbocycles. The van der Waals surface area contributed by atoms with Crippen LogP contribution in [0.3, 0.4) is 0 Å². The summed E-state index contributed by atoms with van der Waals surface area (Å²) in [6, 6.07) is 9.10. The van der Waals surface area contributed by atoms with E-state index in [-0.39, 0.29) is 37.4 Å². The first kappa shape index (κ1) is 20.5. The van der Waals surface area contributed by atoms with Gasteiger partial charge < -0.3 is 4.74 Å². The largest absolute Gasteiger partial charge is 0.462 e. The maximum absolute atomic E-state index is 12.5. The molecule has 2 heterocycles. The van der Waals surface area contributed by atoms with Crippen molar-refractivity contribution < 1.29 is 14.3 Å². The average molecular weight is 457 g/mol. The second-order valence-corrected chi connectivity index (χ2v) is 7.48. The molecule has 6 nitrogen and oxygen atoms in total. The lowest BCUT2D eigenvalue weighted by Crippen LogP contribution is -2.14. The number of esters is 1. The number of aromatic nitrogens is 2. The van der Waals surface area contributed by atoms with Gasteiger partial charge in [-0.1, -0.05) is 76.5 Å². The van der Waals surface area contributed by atoms with E-state index >= 15 is 0 Å². The maximum atomic E-state index is 12.5. The SMILES string of the molecule is CCOC(=O)c1sc(NC(=O)c2ncc(Cl)c(Cl)c2Cl)nc1-c1ccccc1. The molecule has 1 amide bonds. The normalized spacial score (nSPS) is 10.6. The number of amides is 1. The van der Waals surface area contributed by atoms with Gasteiger partial charge in [0, 0.05) is 11.8 Å². The molecule has 28 heavy (non-hydrogen) atoms. The van der Waals surface area contributed by atoms with E-state index in [1.54, 1.807) is 19.1 Å². The summed E-state index contributed by atoms with van der Waals surface area (Å²) in [5.41, 5.74) is 1.02. The van der Waals surface area contributed by atoms with Gasteiger partial charge in [-0.05, 0) is 6.92 Å². The van der Waals surface area contributed by atoms with Crippen molar-refractivity contribution >= 4 is 63.1 Å². The zero-order chi connectivity index (χ0) is 20.3. The second kappa shape index (κ2) is 8.87. The van der Waals surface area contributed by atoms with Gasteiger partial charge in [-0.3, -0.25) is 10.1 Å². The van der Waals surface area contributed by atoms with Crippen LogP contribution in [-0.2, 0) is 4.74 Å². The molecule has 0 saturated carbocycles. The Morgan fingerprint density at radius 2 is 1.86 bits per heavy atom. The van der Waals surface area contributed by atoms with Gasteiger partial charge in [-0.25, -0.2) is 14.8 Å². The predicted molar refractivity (Wildman–Crippen MR) is 111 cm³/mol. The lowest BCUT2D eigenvalue weighted by atomic mass is 10.1. The molecule has 0 bridgehead atoms. The van der Waals surface area contributed by atoms with Crippen LogP contribution in [0.15, 0.2) is 36.5 Å². The number of carbonyl (C=O) groups excluding carboxylic acids is 2. The molecule has 0 aliphatic rings. The van der Waals surface area contributed by atoms with Crippen LogP contribution in [0, 0.1) is 0 Å². The van der Waals surface area contributed by atoms with Crippen molar-refractivity contribution in [1.82, 2.24) is 9.97 Å². The number of halogens is 3. The Morgan fingerprint density at radius 1 is 1.14 bits per heavy atom. The van der Waals surface area contributed by atoms with Crippen molar-refractivity contribution in [3.63, 3.8) is 0 Å². The molecular formula is C18H12Cl3N3O3S. The highest BCUT2D eigenvalue weighted by Crippen LogP contribution is 2.34. The van der Waals surface area contributed by atoms with E-state index in [1.807, 2.05) is 18.2 Å². The molecule has 0 radical (unpaired) electrons. The van der Waals surface area contributed by atoms with Crippen LogP contribution in [0.4, 0.5) is 5.13 Å². The zero-order valence-electron chi connectivity index (χ0n) is 14.3. The van der Waals surface area contributed by atoms with E-state index in [9.17, 15) is 9.59 Å². The van der Waals surface area contributed by atoms with Crippen molar-refractivity contribution in [2.24, 2.45) is 0 Å². The van der Waals surface area contributed by atoms with E-state index in [0.717, 1.165) is 11.3 Å². The fourth-order valence-electron chi connectivity index (χ4n) is 2.26. The fraction of sp³-hybridized carbons (Fsp3) is 0.111. The van der Waals surface area contributed by atoms with E-state index < -0.39 is 11.9 Å². The molecule has 10 heteroatoms. The first-order valence-electron chi connectivity index (χ1n) is 7.96. The van der Waals surface area contributed by atoms with Gasteiger partial charge >= 0.3 is 5.97 Å². The standard InChI is InChI=1S/C18H12Cl3N3O3S/c1-2-27-17(26)15-13(9-6-4-3-5-7-9)23-18(28-15)24-16(25)14-12(21)11(20)10(19)8-22-14/h3-8H,2H2,1H3,(H,23,24,25). The summed E-state index contributed by atoms with van der Waals surface area (Å²) in [5.74, 6) is -1.16. The van der Waals surface area contributed by atoms with Crippen molar-refractivity contribution in [2.75, 3.05) is 11.9 Å². The molecular weight excluding hydrogens is 445 g/mol. The highest BCUT2D eigenvalue weighted by atomic mass is 35.5. The third-order valence-electron chi connectivity index (χ3n) is 3.49. The Balaban J connectivity index is 1.96. The molecule has 144 valence electrons. The summed E-state index contributed by atoms with van der Waals surface area (Å²) in [4.78, 5) is 33.4. The molecule has 0 spiro atoms. The van der Waals surface area contributed by atoms with Gasteiger partial charge in [0.1, 0.15) is 10.6 Å². The van der Waals surface area contributed by atoms with E-state index in [0.29, 0.717) is 11.3 Å². The van der Waals surface area contributed by atoms with Gasteiger partial charge in [0.05, 0.1) is 27.4 Å². The lowest BCUT2D eigenvalue weighted by molar-refractivity contribution is 0.0532. The first-order chi connectivity index (χ1) is 13.4. The first-order valence-corrected chi connectivity index (χ1v) is 9.91. The highest BCUT2D eigenvalue weighted by Gasteiger charge is 2.23. The number of thiazole rings is 1. The van der Waals surface area contributed by atoms with Crippen molar-refractivity contribution in [3.05, 3.63) is 62.2 Å². The minimum Gasteiger partial charge on any atom is -0.462 e. The fourth-order valence-corrected chi connectivity index (χ4v) is 3.70. The highest BCUT2D eigenvalue weighted by molar-refractivity contribution is 7.18. The quantitative estimate of drug-likeness (QED) is 0.506. The number of carbonyl (C=O) groups is 2. The molecule has 0 atom stereocenters. The van der Waals surface area contributed by atoms with Crippen LogP contribution < -0.4 is 5.32 Å². The third-order valence-corrected chi connectivity index (χ3v) is 5.68. The summed E-state index contributed by atoms with van der Waals surface area (Å²) < 4.78 is 5.09. The Kier molecular flexibility index (Phi) is 6.51. The van der Waals surface area contributed by atoms with E-state index in [4.69, 9.17) is 39.5 Å². The van der Waals surface area contributed by atoms with Gasteiger partial charge in [-0.2, -0.15) is 0 Å². The number of hydrogen-bond donors (Lipinski definition) is 1. The molecule has 0 saturated heterocycles. The molecule has 3 aromatic rings. The Bertz CT molecular complexity index is 1040.